The molecule has 0 unspecified atom stereocenters. The van der Waals surface area contributed by atoms with Gasteiger partial charge in [0.15, 0.2) is 0 Å². The molecule has 1 aromatic heterocycles. The number of para-hydroxylation sites is 1. The van der Waals surface area contributed by atoms with Gasteiger partial charge >= 0.3 is 0 Å². The lowest BCUT2D eigenvalue weighted by Crippen LogP contribution is -2.51. The molecule has 3 aromatic rings. The van der Waals surface area contributed by atoms with Crippen molar-refractivity contribution < 1.29 is 14.7 Å². The third-order valence-electron chi connectivity index (χ3n) is 8.73. The van der Waals surface area contributed by atoms with Crippen molar-refractivity contribution in [3.8, 4) is 5.75 Å². The molecule has 3 aliphatic rings. The summed E-state index contributed by atoms with van der Waals surface area (Å²) in [5.74, 6) is -0.243. The largest absolute Gasteiger partial charge is 0.507 e. The molecule has 1 aliphatic carbocycles. The molecule has 1 spiro atoms. The molecular formula is C31H34N4O3. The van der Waals surface area contributed by atoms with Crippen LogP contribution in [0.2, 0.25) is 0 Å². The number of carbonyl (C=O) groups excluding carboxylic acids is 2. The van der Waals surface area contributed by atoms with E-state index in [0.717, 1.165) is 63.8 Å². The van der Waals surface area contributed by atoms with E-state index in [-0.39, 0.29) is 34.6 Å². The zero-order valence-corrected chi connectivity index (χ0v) is 21.6. The number of carbonyl (C=O) groups is 2. The van der Waals surface area contributed by atoms with Crippen molar-refractivity contribution in [2.45, 2.75) is 44.6 Å². The monoisotopic (exact) mass is 510 g/mol. The van der Waals surface area contributed by atoms with E-state index in [0.29, 0.717) is 5.56 Å². The highest BCUT2D eigenvalue weighted by Crippen LogP contribution is 2.41. The number of benzene rings is 2. The first-order valence-corrected chi connectivity index (χ1v) is 13.7. The molecule has 7 nitrogen and oxygen atoms in total. The van der Waals surface area contributed by atoms with Gasteiger partial charge in [-0.25, -0.2) is 0 Å². The Kier molecular flexibility index (Phi) is 6.52. The number of rotatable bonds is 4. The van der Waals surface area contributed by atoms with Crippen molar-refractivity contribution in [1.82, 2.24) is 15.2 Å². The molecule has 2 fully saturated rings. The summed E-state index contributed by atoms with van der Waals surface area (Å²) < 4.78 is 0. The number of piperidine rings is 2. The molecule has 2 aliphatic heterocycles. The summed E-state index contributed by atoms with van der Waals surface area (Å²) >= 11 is 0. The highest BCUT2D eigenvalue weighted by molar-refractivity contribution is 5.97. The van der Waals surface area contributed by atoms with Gasteiger partial charge in [0, 0.05) is 49.8 Å². The minimum atomic E-state index is -0.297. The Bertz CT molecular complexity index is 1330. The van der Waals surface area contributed by atoms with Crippen LogP contribution in [0, 0.1) is 5.41 Å². The van der Waals surface area contributed by atoms with Crippen molar-refractivity contribution in [3.05, 3.63) is 89.2 Å². The lowest BCUT2D eigenvalue weighted by Gasteiger charge is -2.48. The van der Waals surface area contributed by atoms with Crippen LogP contribution in [0.4, 0.5) is 5.69 Å². The highest BCUT2D eigenvalue weighted by atomic mass is 16.3. The molecule has 3 heterocycles. The maximum absolute atomic E-state index is 13.7. The van der Waals surface area contributed by atoms with Crippen LogP contribution in [0.25, 0.3) is 0 Å². The number of nitrogens with one attached hydrogen (secondary N) is 1. The first-order chi connectivity index (χ1) is 18.5. The second-order valence-electron chi connectivity index (χ2n) is 11.0. The Morgan fingerprint density at radius 2 is 1.76 bits per heavy atom. The molecule has 1 atom stereocenters. The van der Waals surface area contributed by atoms with Gasteiger partial charge < -0.3 is 20.2 Å². The van der Waals surface area contributed by atoms with Gasteiger partial charge in [-0.1, -0.05) is 18.2 Å². The number of fused-ring (bicyclic) bond motifs is 1. The number of amides is 2. The van der Waals surface area contributed by atoms with Crippen LogP contribution in [0.15, 0.2) is 67.0 Å². The van der Waals surface area contributed by atoms with Crippen LogP contribution in [-0.4, -0.2) is 53.0 Å². The fourth-order valence-electron chi connectivity index (χ4n) is 6.55. The lowest BCUT2D eigenvalue weighted by molar-refractivity contribution is 0.0434. The second kappa shape index (κ2) is 10.1. The zero-order valence-electron chi connectivity index (χ0n) is 21.6. The SMILES string of the molecule is O=C(N[C@@H]1CCc2ccc(C(=O)N3CCCC4(CCN(c5ccncc5)CC4)C3)cc21)c1ccccc1O. The van der Waals surface area contributed by atoms with Crippen LogP contribution in [-0.2, 0) is 6.42 Å². The van der Waals surface area contributed by atoms with E-state index in [1.165, 1.54) is 23.7 Å². The molecule has 38 heavy (non-hydrogen) atoms. The van der Waals surface area contributed by atoms with E-state index in [9.17, 15) is 14.7 Å². The number of aromatic nitrogens is 1. The molecule has 196 valence electrons. The van der Waals surface area contributed by atoms with Crippen molar-refractivity contribution in [1.29, 1.82) is 0 Å². The minimum absolute atomic E-state index is 0.0298. The predicted octanol–water partition coefficient (Wildman–Crippen LogP) is 4.73. The summed E-state index contributed by atoms with van der Waals surface area (Å²) in [6, 6.07) is 16.5. The van der Waals surface area contributed by atoms with Crippen LogP contribution in [0.3, 0.4) is 0 Å². The molecule has 7 heteroatoms. The topological polar surface area (TPSA) is 85.8 Å². The number of phenols is 1. The third-order valence-corrected chi connectivity index (χ3v) is 8.73. The number of nitrogens with zero attached hydrogens (tertiary/aromatic N) is 3. The van der Waals surface area contributed by atoms with E-state index >= 15 is 0 Å². The molecule has 0 radical (unpaired) electrons. The fourth-order valence-corrected chi connectivity index (χ4v) is 6.55. The Morgan fingerprint density at radius 1 is 0.974 bits per heavy atom. The summed E-state index contributed by atoms with van der Waals surface area (Å²) in [5.41, 5.74) is 4.55. The second-order valence-corrected chi connectivity index (χ2v) is 11.0. The van der Waals surface area contributed by atoms with Gasteiger partial charge in [-0.05, 0) is 91.5 Å². The summed E-state index contributed by atoms with van der Waals surface area (Å²) in [4.78, 5) is 35.1. The van der Waals surface area contributed by atoms with Crippen LogP contribution in [0.1, 0.15) is 70.0 Å². The molecule has 2 saturated heterocycles. The molecule has 2 aromatic carbocycles. The van der Waals surface area contributed by atoms with Gasteiger partial charge in [-0.15, -0.1) is 0 Å². The molecule has 2 amide bonds. The number of aromatic hydroxyl groups is 1. The van der Waals surface area contributed by atoms with E-state index < -0.39 is 0 Å². The Balaban J connectivity index is 1.14. The van der Waals surface area contributed by atoms with Gasteiger partial charge in [0.2, 0.25) is 0 Å². The average Bonchev–Trinajstić information content (AvgIpc) is 3.35. The van der Waals surface area contributed by atoms with Crippen molar-refractivity contribution in [3.63, 3.8) is 0 Å². The maximum Gasteiger partial charge on any atom is 0.255 e. The standard InChI is InChI=1S/C31H34N4O3/c36-28-5-2-1-4-25(28)29(37)33-27-9-8-22-6-7-23(20-26(22)27)30(38)35-17-3-12-31(21-35)13-18-34(19-14-31)24-10-15-32-16-11-24/h1-2,4-7,10-11,15-16,20,27,36H,3,8-9,12-14,17-19,21H2,(H,33,37)/t27-/m1/s1. The first-order valence-electron chi connectivity index (χ1n) is 13.7. The Morgan fingerprint density at radius 3 is 2.55 bits per heavy atom. The predicted molar refractivity (Wildman–Crippen MR) is 146 cm³/mol. The van der Waals surface area contributed by atoms with Gasteiger partial charge in [0.05, 0.1) is 11.6 Å². The van der Waals surface area contributed by atoms with Crippen LogP contribution >= 0.6 is 0 Å². The third kappa shape index (κ3) is 4.73. The summed E-state index contributed by atoms with van der Waals surface area (Å²) in [6.07, 6.45) is 9.71. The number of pyridine rings is 1. The molecule has 6 rings (SSSR count). The first kappa shape index (κ1) is 24.5. The van der Waals surface area contributed by atoms with Gasteiger partial charge in [-0.2, -0.15) is 0 Å². The number of hydrogen-bond donors (Lipinski definition) is 2. The minimum Gasteiger partial charge on any atom is -0.507 e. The van der Waals surface area contributed by atoms with Crippen molar-refractivity contribution in [2.24, 2.45) is 5.41 Å². The number of aryl methyl sites for hydroxylation is 1. The van der Waals surface area contributed by atoms with E-state index in [2.05, 4.69) is 32.2 Å². The average molecular weight is 511 g/mol. The van der Waals surface area contributed by atoms with Crippen LogP contribution < -0.4 is 10.2 Å². The van der Waals surface area contributed by atoms with Gasteiger partial charge in [-0.3, -0.25) is 14.6 Å². The highest BCUT2D eigenvalue weighted by Gasteiger charge is 2.40. The number of anilines is 1. The number of hydrogen-bond acceptors (Lipinski definition) is 5. The maximum atomic E-state index is 13.7. The summed E-state index contributed by atoms with van der Waals surface area (Å²) in [5, 5.41) is 13.1. The Labute approximate surface area is 223 Å². The summed E-state index contributed by atoms with van der Waals surface area (Å²) in [6.45, 7) is 3.60. The molecule has 0 bridgehead atoms. The van der Waals surface area contributed by atoms with Crippen LogP contribution in [0.5, 0.6) is 5.75 Å². The lowest BCUT2D eigenvalue weighted by atomic mass is 9.72. The fraction of sp³-hybridized carbons (Fsp3) is 0.387. The van der Waals surface area contributed by atoms with Crippen molar-refractivity contribution >= 4 is 17.5 Å². The summed E-state index contributed by atoms with van der Waals surface area (Å²) in [7, 11) is 0. The van der Waals surface area contributed by atoms with E-state index in [4.69, 9.17) is 0 Å². The van der Waals surface area contributed by atoms with Gasteiger partial charge in [0.25, 0.3) is 11.8 Å². The smallest absolute Gasteiger partial charge is 0.255 e. The van der Waals surface area contributed by atoms with E-state index in [1.54, 1.807) is 18.2 Å². The molecule has 2 N–H and O–H groups in total. The number of phenolic OH excluding ortho intramolecular Hbond substituents is 1. The zero-order chi connectivity index (χ0) is 26.1. The number of likely N-dealkylation sites (tertiary alicyclic amines) is 1. The van der Waals surface area contributed by atoms with Gasteiger partial charge in [0.1, 0.15) is 5.75 Å². The normalized spacial score (nSPS) is 20.3. The molecular weight excluding hydrogens is 476 g/mol. The Hall–Kier alpha value is -3.87. The van der Waals surface area contributed by atoms with E-state index in [1.807, 2.05) is 30.6 Å². The quantitative estimate of drug-likeness (QED) is 0.530. The van der Waals surface area contributed by atoms with Crippen molar-refractivity contribution in [2.75, 3.05) is 31.1 Å². The molecule has 0 saturated carbocycles.